The van der Waals surface area contributed by atoms with Crippen LogP contribution in [-0.2, 0) is 16.6 Å². The van der Waals surface area contributed by atoms with Crippen LogP contribution in [0.2, 0.25) is 0 Å². The van der Waals surface area contributed by atoms with Crippen LogP contribution in [0.1, 0.15) is 5.56 Å². The summed E-state index contributed by atoms with van der Waals surface area (Å²) in [5.41, 5.74) is -0.0127. The molecular formula is C15H14F2N2O5S. The lowest BCUT2D eigenvalue weighted by atomic mass is 10.2. The van der Waals surface area contributed by atoms with Crippen LogP contribution in [0.5, 0.6) is 5.75 Å². The highest BCUT2D eigenvalue weighted by molar-refractivity contribution is 7.89. The molecule has 0 saturated carbocycles. The molecule has 0 fully saturated rings. The van der Waals surface area contributed by atoms with Crippen molar-refractivity contribution in [2.24, 2.45) is 0 Å². The van der Waals surface area contributed by atoms with Crippen LogP contribution in [0.25, 0.3) is 0 Å². The maximum Gasteiger partial charge on any atom is 0.387 e. The summed E-state index contributed by atoms with van der Waals surface area (Å²) in [6.07, 6.45) is 0. The average molecular weight is 372 g/mol. The molecule has 0 atom stereocenters. The van der Waals surface area contributed by atoms with Gasteiger partial charge in [-0.15, -0.1) is 0 Å². The van der Waals surface area contributed by atoms with E-state index in [-0.39, 0.29) is 12.3 Å². The van der Waals surface area contributed by atoms with E-state index in [1.54, 1.807) is 0 Å². The largest absolute Gasteiger partial charge is 0.435 e. The molecule has 10 heteroatoms. The van der Waals surface area contributed by atoms with Crippen LogP contribution in [-0.4, -0.2) is 31.3 Å². The Morgan fingerprint density at radius 3 is 2.32 bits per heavy atom. The Morgan fingerprint density at radius 2 is 1.76 bits per heavy atom. The van der Waals surface area contributed by atoms with Gasteiger partial charge < -0.3 is 4.74 Å². The van der Waals surface area contributed by atoms with Crippen LogP contribution < -0.4 is 4.74 Å². The number of hydrogen-bond donors (Lipinski definition) is 0. The summed E-state index contributed by atoms with van der Waals surface area (Å²) in [5.74, 6) is -0.0528. The molecular weight excluding hydrogens is 358 g/mol. The molecule has 2 aromatic carbocycles. The van der Waals surface area contributed by atoms with Gasteiger partial charge in [-0.3, -0.25) is 10.1 Å². The van der Waals surface area contributed by atoms with Crippen molar-refractivity contribution in [2.45, 2.75) is 18.1 Å². The molecule has 0 bridgehead atoms. The minimum Gasteiger partial charge on any atom is -0.435 e. The smallest absolute Gasteiger partial charge is 0.387 e. The first-order valence-corrected chi connectivity index (χ1v) is 8.39. The van der Waals surface area contributed by atoms with Gasteiger partial charge in [-0.25, -0.2) is 8.42 Å². The molecule has 134 valence electrons. The molecule has 2 aromatic rings. The van der Waals surface area contributed by atoms with Crippen LogP contribution in [0, 0.1) is 10.1 Å². The van der Waals surface area contributed by atoms with Gasteiger partial charge in [-0.2, -0.15) is 13.1 Å². The predicted molar refractivity (Wildman–Crippen MR) is 84.8 cm³/mol. The molecule has 0 heterocycles. The first-order valence-electron chi connectivity index (χ1n) is 6.95. The Hall–Kier alpha value is -2.59. The number of nitrogens with zero attached hydrogens (tertiary/aromatic N) is 2. The monoisotopic (exact) mass is 372 g/mol. The Morgan fingerprint density at radius 1 is 1.16 bits per heavy atom. The summed E-state index contributed by atoms with van der Waals surface area (Å²) < 4.78 is 54.5. The molecule has 2 rings (SSSR count). The minimum atomic E-state index is -4.10. The number of halogens is 2. The zero-order valence-corrected chi connectivity index (χ0v) is 13.8. The van der Waals surface area contributed by atoms with Crippen molar-refractivity contribution >= 4 is 15.7 Å². The van der Waals surface area contributed by atoms with Crippen molar-refractivity contribution in [2.75, 3.05) is 7.05 Å². The van der Waals surface area contributed by atoms with Crippen LogP contribution >= 0.6 is 0 Å². The molecule has 0 N–H and O–H groups in total. The Bertz CT molecular complexity index is 856. The summed E-state index contributed by atoms with van der Waals surface area (Å²) >= 11 is 0. The van der Waals surface area contributed by atoms with Crippen molar-refractivity contribution in [3.05, 3.63) is 64.2 Å². The highest BCUT2D eigenvalue weighted by Gasteiger charge is 2.29. The second-order valence-corrected chi connectivity index (χ2v) is 7.02. The number of nitro benzene ring substituents is 1. The maximum absolute atomic E-state index is 12.6. The Kier molecular flexibility index (Phi) is 5.65. The topological polar surface area (TPSA) is 89.8 Å². The molecule has 0 aliphatic rings. The van der Waals surface area contributed by atoms with E-state index in [2.05, 4.69) is 4.74 Å². The standard InChI is InChI=1S/C15H14F2N2O5S/c1-18(10-11-6-8-12(9-7-11)24-15(16)17)25(22,23)14-5-3-2-4-13(14)19(20)21/h2-9,15H,10H2,1H3. The second-order valence-electron chi connectivity index (χ2n) is 5.01. The number of rotatable bonds is 7. The molecule has 0 amide bonds. The lowest BCUT2D eigenvalue weighted by Gasteiger charge is -2.17. The van der Waals surface area contributed by atoms with E-state index >= 15 is 0 Å². The number of para-hydroxylation sites is 1. The molecule has 0 unspecified atom stereocenters. The maximum atomic E-state index is 12.6. The van der Waals surface area contributed by atoms with E-state index in [9.17, 15) is 27.3 Å². The third kappa shape index (κ3) is 4.48. The van der Waals surface area contributed by atoms with Gasteiger partial charge in [-0.05, 0) is 23.8 Å². The summed E-state index contributed by atoms with van der Waals surface area (Å²) in [7, 11) is -2.83. The van der Waals surface area contributed by atoms with E-state index < -0.39 is 32.1 Å². The van der Waals surface area contributed by atoms with Gasteiger partial charge in [0.05, 0.1) is 4.92 Å². The normalized spacial score (nSPS) is 11.7. The summed E-state index contributed by atoms with van der Waals surface area (Å²) in [4.78, 5) is 9.84. The van der Waals surface area contributed by atoms with Crippen molar-refractivity contribution in [3.8, 4) is 5.75 Å². The fourth-order valence-corrected chi connectivity index (χ4v) is 3.42. The number of alkyl halides is 2. The summed E-state index contributed by atoms with van der Waals surface area (Å²) in [6.45, 7) is -3.05. The number of sulfonamides is 1. The molecule has 0 spiro atoms. The van der Waals surface area contributed by atoms with Gasteiger partial charge in [0.2, 0.25) is 10.0 Å². The van der Waals surface area contributed by atoms with Gasteiger partial charge in [0.25, 0.3) is 5.69 Å². The lowest BCUT2D eigenvalue weighted by Crippen LogP contribution is -2.27. The number of ether oxygens (including phenoxy) is 1. The van der Waals surface area contributed by atoms with Crippen LogP contribution in [0.4, 0.5) is 14.5 Å². The zero-order chi connectivity index (χ0) is 18.6. The zero-order valence-electron chi connectivity index (χ0n) is 13.0. The number of hydrogen-bond acceptors (Lipinski definition) is 5. The van der Waals surface area contributed by atoms with E-state index in [4.69, 9.17) is 0 Å². The van der Waals surface area contributed by atoms with E-state index in [0.717, 1.165) is 16.4 Å². The van der Waals surface area contributed by atoms with Gasteiger partial charge >= 0.3 is 6.61 Å². The van der Waals surface area contributed by atoms with Crippen LogP contribution in [0.15, 0.2) is 53.4 Å². The summed E-state index contributed by atoms with van der Waals surface area (Å²) in [5, 5.41) is 11.0. The minimum absolute atomic E-state index is 0.0528. The molecule has 0 radical (unpaired) electrons. The average Bonchev–Trinajstić information content (AvgIpc) is 2.56. The van der Waals surface area contributed by atoms with E-state index in [1.165, 1.54) is 43.4 Å². The highest BCUT2D eigenvalue weighted by atomic mass is 32.2. The Labute approximate surface area is 142 Å². The van der Waals surface area contributed by atoms with Crippen molar-refractivity contribution in [3.63, 3.8) is 0 Å². The lowest BCUT2D eigenvalue weighted by molar-refractivity contribution is -0.387. The SMILES string of the molecule is CN(Cc1ccc(OC(F)F)cc1)S(=O)(=O)c1ccccc1[N+](=O)[O-]. The third-order valence-corrected chi connectivity index (χ3v) is 5.15. The molecule has 25 heavy (non-hydrogen) atoms. The van der Waals surface area contributed by atoms with E-state index in [1.807, 2.05) is 0 Å². The molecule has 0 aromatic heterocycles. The van der Waals surface area contributed by atoms with Gasteiger partial charge in [0, 0.05) is 19.7 Å². The quantitative estimate of drug-likeness (QED) is 0.550. The molecule has 0 aliphatic heterocycles. The third-order valence-electron chi connectivity index (χ3n) is 3.30. The first kappa shape index (κ1) is 18.7. The first-order chi connectivity index (χ1) is 11.7. The van der Waals surface area contributed by atoms with E-state index in [0.29, 0.717) is 5.56 Å². The summed E-state index contributed by atoms with van der Waals surface area (Å²) in [6, 6.07) is 10.5. The van der Waals surface area contributed by atoms with Gasteiger partial charge in [-0.1, -0.05) is 24.3 Å². The van der Waals surface area contributed by atoms with Gasteiger partial charge in [0.1, 0.15) is 5.75 Å². The predicted octanol–water partition coefficient (Wildman–Crippen LogP) is 3.02. The highest BCUT2D eigenvalue weighted by Crippen LogP contribution is 2.26. The van der Waals surface area contributed by atoms with Crippen molar-refractivity contribution in [1.82, 2.24) is 4.31 Å². The fraction of sp³-hybridized carbons (Fsp3) is 0.200. The van der Waals surface area contributed by atoms with Gasteiger partial charge in [0.15, 0.2) is 4.90 Å². The molecule has 7 nitrogen and oxygen atoms in total. The number of benzene rings is 2. The van der Waals surface area contributed by atoms with Crippen molar-refractivity contribution in [1.29, 1.82) is 0 Å². The number of nitro groups is 1. The molecule has 0 saturated heterocycles. The Balaban J connectivity index is 2.22. The van der Waals surface area contributed by atoms with Crippen LogP contribution in [0.3, 0.4) is 0 Å². The second kappa shape index (κ2) is 7.53. The molecule has 0 aliphatic carbocycles. The fourth-order valence-electron chi connectivity index (χ4n) is 2.11. The van der Waals surface area contributed by atoms with Crippen molar-refractivity contribution < 1.29 is 26.9 Å².